The lowest BCUT2D eigenvalue weighted by atomic mass is 10.0. The summed E-state index contributed by atoms with van der Waals surface area (Å²) < 4.78 is 2.32. The van der Waals surface area contributed by atoms with Crippen LogP contribution in [0.15, 0.2) is 96.8 Å². The Morgan fingerprint density at radius 1 is 0.836 bits per heavy atom. The van der Waals surface area contributed by atoms with E-state index in [1.54, 1.807) is 70.1 Å². The number of Topliss-reactive ketones (excluding diaryl/α,β-unsaturated/α-hetero) is 1. The van der Waals surface area contributed by atoms with E-state index in [1.807, 2.05) is 56.2 Å². The van der Waals surface area contributed by atoms with Crippen molar-refractivity contribution in [2.45, 2.75) is 46.2 Å². The van der Waals surface area contributed by atoms with Crippen LogP contribution in [0.4, 0.5) is 11.6 Å². The highest BCUT2D eigenvalue weighted by Gasteiger charge is 2.29. The van der Waals surface area contributed by atoms with Crippen LogP contribution in [0, 0.1) is 13.8 Å². The number of hydrazine groups is 1. The maximum atomic E-state index is 14.2. The minimum atomic E-state index is -0.461. The van der Waals surface area contributed by atoms with Crippen molar-refractivity contribution in [3.8, 4) is 0 Å². The second-order valence-corrected chi connectivity index (χ2v) is 17.6. The van der Waals surface area contributed by atoms with E-state index in [2.05, 4.69) is 51.4 Å². The summed E-state index contributed by atoms with van der Waals surface area (Å²) >= 11 is 3.31. The molecule has 4 aromatic heterocycles. The van der Waals surface area contributed by atoms with E-state index >= 15 is 0 Å². The molecule has 0 spiro atoms. The van der Waals surface area contributed by atoms with Crippen LogP contribution in [-0.4, -0.2) is 88.6 Å². The zero-order valence-corrected chi connectivity index (χ0v) is 36.7. The summed E-state index contributed by atoms with van der Waals surface area (Å²) in [6.45, 7) is 9.05. The number of hydrogen-bond donors (Lipinski definition) is 2. The van der Waals surface area contributed by atoms with Crippen molar-refractivity contribution in [2.24, 2.45) is 0 Å². The van der Waals surface area contributed by atoms with Gasteiger partial charge in [0.05, 0.1) is 18.2 Å². The fourth-order valence-electron chi connectivity index (χ4n) is 7.41. The summed E-state index contributed by atoms with van der Waals surface area (Å²) in [7, 11) is 3.71. The first-order valence-corrected chi connectivity index (χ1v) is 21.9. The predicted octanol–water partition coefficient (Wildman–Crippen LogP) is 7.58. The van der Waals surface area contributed by atoms with Gasteiger partial charge in [0.25, 0.3) is 5.91 Å². The molecular formula is C47H50N8O4S2. The second kappa shape index (κ2) is 19.1. The first kappa shape index (κ1) is 43.0. The van der Waals surface area contributed by atoms with Gasteiger partial charge in [0.2, 0.25) is 11.8 Å². The third-order valence-corrected chi connectivity index (χ3v) is 13.6. The number of aromatic nitrogens is 2. The number of likely N-dealkylation sites (N-methyl/N-ethyl adjacent to an activating group) is 2. The van der Waals surface area contributed by atoms with Crippen molar-refractivity contribution < 1.29 is 19.2 Å². The molecule has 12 nitrogen and oxygen atoms in total. The molecule has 1 fully saturated rings. The molecule has 0 radical (unpaired) electrons. The summed E-state index contributed by atoms with van der Waals surface area (Å²) in [6.07, 6.45) is 7.47. The van der Waals surface area contributed by atoms with E-state index in [-0.39, 0.29) is 36.3 Å². The third-order valence-electron chi connectivity index (χ3n) is 10.9. The molecule has 314 valence electrons. The highest BCUT2D eigenvalue weighted by atomic mass is 32.1. The molecule has 3 N–H and O–H groups in total. The van der Waals surface area contributed by atoms with Crippen LogP contribution in [0.3, 0.4) is 0 Å². The molecule has 5 heterocycles. The van der Waals surface area contributed by atoms with Gasteiger partial charge in [-0.1, -0.05) is 36.4 Å². The van der Waals surface area contributed by atoms with Crippen molar-refractivity contribution in [3.63, 3.8) is 0 Å². The fraction of sp³-hybridized carbons (Fsp3) is 0.277. The van der Waals surface area contributed by atoms with E-state index in [4.69, 9.17) is 5.73 Å². The van der Waals surface area contributed by atoms with Gasteiger partial charge in [-0.05, 0) is 109 Å². The van der Waals surface area contributed by atoms with Gasteiger partial charge in [0.1, 0.15) is 11.6 Å². The molecule has 1 unspecified atom stereocenters. The van der Waals surface area contributed by atoms with Crippen LogP contribution in [0.5, 0.6) is 0 Å². The van der Waals surface area contributed by atoms with Gasteiger partial charge in [0.15, 0.2) is 5.78 Å². The topological polar surface area (TPSA) is 145 Å². The van der Waals surface area contributed by atoms with Gasteiger partial charge < -0.3 is 20.9 Å². The summed E-state index contributed by atoms with van der Waals surface area (Å²) in [6, 6.07) is 23.0. The van der Waals surface area contributed by atoms with Crippen LogP contribution in [-0.2, 0) is 25.7 Å². The van der Waals surface area contributed by atoms with Crippen LogP contribution in [0.1, 0.15) is 57.8 Å². The first-order valence-electron chi connectivity index (χ1n) is 20.2. The van der Waals surface area contributed by atoms with Gasteiger partial charge in [0, 0.05) is 83.7 Å². The Bertz CT molecular complexity index is 2630. The maximum absolute atomic E-state index is 14.2. The predicted molar refractivity (Wildman–Crippen MR) is 247 cm³/mol. The Labute approximate surface area is 364 Å². The average molecular weight is 855 g/mol. The van der Waals surface area contributed by atoms with Gasteiger partial charge >= 0.3 is 0 Å². The van der Waals surface area contributed by atoms with Gasteiger partial charge in [-0.2, -0.15) is 0 Å². The number of pyridine rings is 2. The molecule has 2 aromatic carbocycles. The van der Waals surface area contributed by atoms with Gasteiger partial charge in [-0.3, -0.25) is 19.2 Å². The van der Waals surface area contributed by atoms with E-state index in [9.17, 15) is 19.2 Å². The molecule has 14 heteroatoms. The first-order chi connectivity index (χ1) is 29.4. The van der Waals surface area contributed by atoms with Gasteiger partial charge in [-0.25, -0.2) is 20.0 Å². The zero-order valence-electron chi connectivity index (χ0n) is 35.1. The highest BCUT2D eigenvalue weighted by molar-refractivity contribution is 7.19. The van der Waals surface area contributed by atoms with Crippen molar-refractivity contribution in [2.75, 3.05) is 51.0 Å². The number of rotatable bonds is 14. The van der Waals surface area contributed by atoms with Crippen molar-refractivity contribution in [3.05, 3.63) is 129 Å². The lowest BCUT2D eigenvalue weighted by Gasteiger charge is -2.39. The molecule has 3 amide bonds. The number of aryl methyl sites for hydroxylation is 2. The largest absolute Gasteiger partial charge is 0.384 e. The minimum Gasteiger partial charge on any atom is -0.384 e. The normalized spacial score (nSPS) is 14.4. The van der Waals surface area contributed by atoms with Crippen LogP contribution < -0.4 is 16.1 Å². The minimum absolute atomic E-state index is 0.0431. The lowest BCUT2D eigenvalue weighted by Crippen LogP contribution is -2.55. The summed E-state index contributed by atoms with van der Waals surface area (Å²) in [4.78, 5) is 70.0. The molecule has 1 atom stereocenters. The lowest BCUT2D eigenvalue weighted by molar-refractivity contribution is -0.130. The molecule has 1 aliphatic rings. The number of carbonyl (C=O) groups excluding carboxylic acids is 4. The summed E-state index contributed by atoms with van der Waals surface area (Å²) in [5, 5.41) is 8.89. The van der Waals surface area contributed by atoms with E-state index in [1.165, 1.54) is 34.0 Å². The number of thiophene rings is 2. The quantitative estimate of drug-likeness (QED) is 0.0644. The number of ketones is 1. The number of nitrogens with one attached hydrogen (secondary N) is 1. The molecule has 0 bridgehead atoms. The highest BCUT2D eigenvalue weighted by Crippen LogP contribution is 2.35. The number of carbonyl (C=O) groups is 4. The Morgan fingerprint density at radius 2 is 1.49 bits per heavy atom. The Morgan fingerprint density at radius 3 is 2.13 bits per heavy atom. The Hall–Kier alpha value is -6.06. The average Bonchev–Trinajstić information content (AvgIpc) is 3.77. The number of nitrogens with zero attached hydrogens (tertiary/aromatic N) is 6. The van der Waals surface area contributed by atoms with Crippen LogP contribution in [0.2, 0.25) is 0 Å². The third kappa shape index (κ3) is 10.1. The van der Waals surface area contributed by atoms with Crippen LogP contribution in [0.25, 0.3) is 32.3 Å². The Balaban J connectivity index is 1.05. The molecule has 0 saturated carbocycles. The fourth-order valence-corrected chi connectivity index (χ4v) is 9.89. The maximum Gasteiger partial charge on any atom is 0.257 e. The number of nitrogens with two attached hydrogens (primary N) is 1. The van der Waals surface area contributed by atoms with Crippen molar-refractivity contribution in [1.82, 2.24) is 30.1 Å². The number of benzene rings is 2. The molecule has 1 aliphatic heterocycles. The summed E-state index contributed by atoms with van der Waals surface area (Å²) in [5.41, 5.74) is 9.27. The van der Waals surface area contributed by atoms with E-state index < -0.39 is 11.7 Å². The van der Waals surface area contributed by atoms with E-state index in [0.717, 1.165) is 38.5 Å². The van der Waals surface area contributed by atoms with Crippen molar-refractivity contribution >= 4 is 90.1 Å². The molecule has 6 aromatic rings. The van der Waals surface area contributed by atoms with Crippen LogP contribution >= 0.6 is 22.7 Å². The zero-order chi connectivity index (χ0) is 43.2. The molecule has 7 rings (SSSR count). The number of nitrogen functional groups attached to an aromatic ring is 1. The molecule has 61 heavy (non-hydrogen) atoms. The SMILES string of the molecule is Cc1c(CN(C)C(=O)/C(=C\c2ccc(N)nc2)C(=O)CCC(=O)N(c2ccc(/C=C/C(=O)NC(C)c3sc4ccccc4c3C)cn2)N2CCN(C)CC2)sc2ccccc12. The number of piperazine rings is 1. The molecular weight excluding hydrogens is 805 g/mol. The summed E-state index contributed by atoms with van der Waals surface area (Å²) in [5.74, 6) is -0.754. The Kier molecular flexibility index (Phi) is 13.5. The smallest absolute Gasteiger partial charge is 0.257 e. The van der Waals surface area contributed by atoms with Crippen molar-refractivity contribution in [1.29, 1.82) is 0 Å². The monoisotopic (exact) mass is 854 g/mol. The molecule has 1 saturated heterocycles. The number of amides is 3. The second-order valence-electron chi connectivity index (χ2n) is 15.4. The van der Waals surface area contributed by atoms with Gasteiger partial charge in [-0.15, -0.1) is 22.7 Å². The number of anilines is 2. The number of fused-ring (bicyclic) bond motifs is 2. The number of hydrogen-bond acceptors (Lipinski definition) is 11. The molecule has 0 aliphatic carbocycles. The van der Waals surface area contributed by atoms with E-state index in [0.29, 0.717) is 42.4 Å². The standard InChI is InChI=1S/C47H50N8O4S2/c1-30-35-10-6-8-12-39(35)60-41(30)29-53(5)47(59)37(26-34-14-18-42(48)49-28-34)38(56)17-21-45(58)55(54-24-22-52(4)23-25-54)43-19-15-33(27-50-43)16-20-44(57)51-32(3)46-31(2)36-11-7-9-13-40(36)61-46/h6-16,18-20,26-28,32H,17,21-25,29H2,1-5H3,(H2,48,49)(H,51,57)/b20-16+,37-26-.